The number of carbonyl (C=O) groups is 2. The van der Waals surface area contributed by atoms with Gasteiger partial charge in [0.15, 0.2) is 5.78 Å². The Morgan fingerprint density at radius 1 is 0.688 bits per heavy atom. The van der Waals surface area contributed by atoms with Gasteiger partial charge in [-0.05, 0) is 0 Å². The summed E-state index contributed by atoms with van der Waals surface area (Å²) in [5, 5.41) is 0. The van der Waals surface area contributed by atoms with Gasteiger partial charge in [-0.1, -0.05) is 30.3 Å². The molecule has 0 saturated carbocycles. The summed E-state index contributed by atoms with van der Waals surface area (Å²) in [6, 6.07) is 5.18. The van der Waals surface area contributed by atoms with Gasteiger partial charge in [-0.25, -0.2) is 4.74 Å². The molecule has 4 nitrogen and oxygen atoms in total. The first-order chi connectivity index (χ1) is 14.1. The Bertz CT molecular complexity index is 832. The predicted octanol–water partition coefficient (Wildman–Crippen LogP) is 5.43. The Hall–Kier alpha value is -2.43. The quantitative estimate of drug-likeness (QED) is 0.259. The minimum absolute atomic E-state index is 0.576. The molecule has 1 aromatic rings. The van der Waals surface area contributed by atoms with Crippen LogP contribution in [0.5, 0.6) is 0 Å². The van der Waals surface area contributed by atoms with Crippen molar-refractivity contribution >= 4 is 11.6 Å². The maximum atomic E-state index is 14.2. The molecule has 0 fully saturated rings. The Morgan fingerprint density at radius 2 is 1.12 bits per heavy atom. The number of halogens is 13. The fourth-order valence-corrected chi connectivity index (χ4v) is 1.88. The van der Waals surface area contributed by atoms with Crippen LogP contribution in [0, 0.1) is 0 Å². The molecule has 0 aliphatic rings. The molecular weight excluding hydrogens is 491 g/mol. The van der Waals surface area contributed by atoms with Crippen molar-refractivity contribution in [3.05, 3.63) is 35.9 Å². The third-order valence-electron chi connectivity index (χ3n) is 3.38. The average molecular weight is 498 g/mol. The molecule has 1 rings (SSSR count). The Morgan fingerprint density at radius 3 is 1.53 bits per heavy atom. The van der Waals surface area contributed by atoms with Gasteiger partial charge in [0.1, 0.15) is 0 Å². The standard InChI is InChI=1S/C15H7F13O4/c16-10(12(19,20)21,9(30)6-8(29)7-4-2-1-3-5-7)31-13(22,23)11(17,18)14(24,25)32-15(26,27)28/h1-5H,6H2. The van der Waals surface area contributed by atoms with E-state index in [1.54, 1.807) is 0 Å². The lowest BCUT2D eigenvalue weighted by Gasteiger charge is -2.36. The second-order valence-electron chi connectivity index (χ2n) is 5.74. The van der Waals surface area contributed by atoms with Crippen LogP contribution in [-0.4, -0.2) is 48.1 Å². The third-order valence-corrected chi connectivity index (χ3v) is 3.38. The van der Waals surface area contributed by atoms with Crippen molar-refractivity contribution < 1.29 is 76.1 Å². The van der Waals surface area contributed by atoms with E-state index in [1.165, 1.54) is 10.8 Å². The van der Waals surface area contributed by atoms with Crippen molar-refractivity contribution in [2.75, 3.05) is 0 Å². The molecule has 0 aliphatic heterocycles. The number of ether oxygens (including phenoxy) is 2. The van der Waals surface area contributed by atoms with E-state index in [0.29, 0.717) is 0 Å². The topological polar surface area (TPSA) is 52.6 Å². The van der Waals surface area contributed by atoms with E-state index in [9.17, 15) is 66.7 Å². The third kappa shape index (κ3) is 5.67. The van der Waals surface area contributed by atoms with Gasteiger partial charge in [-0.15, -0.1) is 13.2 Å². The number of ketones is 2. The lowest BCUT2D eigenvalue weighted by atomic mass is 10.0. The van der Waals surface area contributed by atoms with Crippen LogP contribution in [0.15, 0.2) is 30.3 Å². The van der Waals surface area contributed by atoms with Crippen molar-refractivity contribution in [1.82, 2.24) is 0 Å². The first kappa shape index (κ1) is 27.6. The molecule has 32 heavy (non-hydrogen) atoms. The molecule has 1 unspecified atom stereocenters. The first-order valence-corrected chi connectivity index (χ1v) is 7.55. The molecule has 0 aromatic heterocycles. The van der Waals surface area contributed by atoms with Crippen LogP contribution in [0.1, 0.15) is 16.8 Å². The van der Waals surface area contributed by atoms with Crippen LogP contribution in [0.4, 0.5) is 57.1 Å². The van der Waals surface area contributed by atoms with Crippen molar-refractivity contribution in [3.63, 3.8) is 0 Å². The van der Waals surface area contributed by atoms with E-state index in [4.69, 9.17) is 0 Å². The summed E-state index contributed by atoms with van der Waals surface area (Å²) in [5.74, 6) is -19.1. The highest BCUT2D eigenvalue weighted by molar-refractivity contribution is 6.10. The monoisotopic (exact) mass is 498 g/mol. The summed E-state index contributed by atoms with van der Waals surface area (Å²) in [6.07, 6.45) is -30.6. The van der Waals surface area contributed by atoms with Gasteiger partial charge in [0.25, 0.3) is 0 Å². The smallest absolute Gasteiger partial charge is 0.294 e. The first-order valence-electron chi connectivity index (χ1n) is 7.55. The maximum Gasteiger partial charge on any atom is 0.527 e. The van der Waals surface area contributed by atoms with E-state index in [0.717, 1.165) is 24.3 Å². The van der Waals surface area contributed by atoms with Crippen molar-refractivity contribution in [2.45, 2.75) is 43.0 Å². The zero-order valence-corrected chi connectivity index (χ0v) is 14.6. The van der Waals surface area contributed by atoms with Crippen LogP contribution in [0.25, 0.3) is 0 Å². The largest absolute Gasteiger partial charge is 0.527 e. The summed E-state index contributed by atoms with van der Waals surface area (Å²) < 4.78 is 171. The summed E-state index contributed by atoms with van der Waals surface area (Å²) in [7, 11) is 0. The van der Waals surface area contributed by atoms with Gasteiger partial charge in [-0.2, -0.15) is 43.9 Å². The number of benzene rings is 1. The summed E-state index contributed by atoms with van der Waals surface area (Å²) >= 11 is 0. The fourth-order valence-electron chi connectivity index (χ4n) is 1.88. The Balaban J connectivity index is 3.32. The zero-order valence-electron chi connectivity index (χ0n) is 14.6. The maximum absolute atomic E-state index is 14.2. The second-order valence-corrected chi connectivity index (χ2v) is 5.74. The van der Waals surface area contributed by atoms with Crippen LogP contribution in [-0.2, 0) is 14.3 Å². The van der Waals surface area contributed by atoms with Crippen LogP contribution in [0.2, 0.25) is 0 Å². The lowest BCUT2D eigenvalue weighted by molar-refractivity contribution is -0.523. The molecule has 0 bridgehead atoms. The molecule has 1 aromatic carbocycles. The summed E-state index contributed by atoms with van der Waals surface area (Å²) in [6.45, 7) is 0. The van der Waals surface area contributed by atoms with E-state index in [1.807, 2.05) is 4.74 Å². The number of carbonyl (C=O) groups excluding carboxylic acids is 2. The van der Waals surface area contributed by atoms with Crippen molar-refractivity contribution in [3.8, 4) is 0 Å². The molecule has 1 atom stereocenters. The van der Waals surface area contributed by atoms with Crippen LogP contribution >= 0.6 is 0 Å². The average Bonchev–Trinajstić information content (AvgIpc) is 2.58. The van der Waals surface area contributed by atoms with Gasteiger partial charge in [0, 0.05) is 5.56 Å². The van der Waals surface area contributed by atoms with E-state index < -0.39 is 60.1 Å². The number of hydrogen-bond donors (Lipinski definition) is 0. The lowest BCUT2D eigenvalue weighted by Crippen LogP contribution is -2.63. The number of rotatable bonds is 9. The Labute approximate surface area is 167 Å². The van der Waals surface area contributed by atoms with Gasteiger partial charge in [0.05, 0.1) is 6.42 Å². The molecular formula is C15H7F13O4. The van der Waals surface area contributed by atoms with Crippen molar-refractivity contribution in [1.29, 1.82) is 0 Å². The van der Waals surface area contributed by atoms with Gasteiger partial charge < -0.3 is 0 Å². The zero-order chi connectivity index (χ0) is 25.4. The molecule has 0 radical (unpaired) electrons. The summed E-state index contributed by atoms with van der Waals surface area (Å²) in [5.41, 5.74) is -0.576. The van der Waals surface area contributed by atoms with Crippen LogP contribution < -0.4 is 0 Å². The highest BCUT2D eigenvalue weighted by Gasteiger charge is 2.80. The molecule has 17 heteroatoms. The Kier molecular flexibility index (Phi) is 7.33. The highest BCUT2D eigenvalue weighted by atomic mass is 19.4. The number of alkyl halides is 13. The molecule has 0 amide bonds. The molecule has 182 valence electrons. The van der Waals surface area contributed by atoms with E-state index >= 15 is 0 Å². The molecule has 0 saturated heterocycles. The summed E-state index contributed by atoms with van der Waals surface area (Å²) in [4.78, 5) is 23.3. The highest BCUT2D eigenvalue weighted by Crippen LogP contribution is 2.52. The SMILES string of the molecule is O=C(CC(=O)C(F)(OC(F)(F)C(F)(F)C(F)(F)OC(F)(F)F)C(F)(F)F)c1ccccc1. The predicted molar refractivity (Wildman–Crippen MR) is 73.4 cm³/mol. The molecule has 0 heterocycles. The fraction of sp³-hybridized carbons (Fsp3) is 0.467. The molecule has 0 spiro atoms. The van der Waals surface area contributed by atoms with Gasteiger partial charge in [0.2, 0.25) is 5.78 Å². The number of Topliss-reactive ketones (excluding diaryl/α,β-unsaturated/α-hetero) is 2. The van der Waals surface area contributed by atoms with E-state index in [-0.39, 0.29) is 0 Å². The minimum Gasteiger partial charge on any atom is -0.294 e. The second kappa shape index (κ2) is 8.49. The van der Waals surface area contributed by atoms with Crippen LogP contribution in [0.3, 0.4) is 0 Å². The van der Waals surface area contributed by atoms with Gasteiger partial charge in [-0.3, -0.25) is 14.3 Å². The van der Waals surface area contributed by atoms with Crippen molar-refractivity contribution in [2.24, 2.45) is 0 Å². The number of hydrogen-bond acceptors (Lipinski definition) is 4. The van der Waals surface area contributed by atoms with E-state index in [2.05, 4.69) is 0 Å². The molecule has 0 aliphatic carbocycles. The molecule has 0 N–H and O–H groups in total. The minimum atomic E-state index is -7.60. The van der Waals surface area contributed by atoms with Gasteiger partial charge >= 0.3 is 36.5 Å². The normalized spacial score (nSPS) is 15.9.